The molecule has 0 bridgehead atoms. The second-order valence-electron chi connectivity index (χ2n) is 3.84. The van der Waals surface area contributed by atoms with E-state index < -0.39 is 5.97 Å². The predicted molar refractivity (Wildman–Crippen MR) is 69.5 cm³/mol. The molecule has 2 aromatic rings. The molecule has 0 atom stereocenters. The first-order valence-corrected chi connectivity index (χ1v) is 6.40. The second-order valence-corrected chi connectivity index (χ2v) is 4.79. The molecule has 2 rings (SSSR count). The van der Waals surface area contributed by atoms with E-state index in [9.17, 15) is 4.79 Å². The van der Waals surface area contributed by atoms with E-state index in [-0.39, 0.29) is 5.69 Å². The summed E-state index contributed by atoms with van der Waals surface area (Å²) in [5.74, 6) is -0.174. The van der Waals surface area contributed by atoms with Gasteiger partial charge in [0.05, 0.1) is 11.6 Å². The van der Waals surface area contributed by atoms with Crippen molar-refractivity contribution in [2.75, 3.05) is 6.61 Å². The number of aromatic carboxylic acids is 1. The number of aryl methyl sites for hydroxylation is 1. The van der Waals surface area contributed by atoms with Crippen LogP contribution >= 0.6 is 11.3 Å². The number of rotatable bonds is 5. The summed E-state index contributed by atoms with van der Waals surface area (Å²) < 4.78 is 5.55. The third-order valence-electron chi connectivity index (χ3n) is 2.38. The molecule has 0 saturated heterocycles. The zero-order chi connectivity index (χ0) is 13.0. The predicted octanol–water partition coefficient (Wildman–Crippen LogP) is 2.77. The topological polar surface area (TPSA) is 59.4 Å². The Labute approximate surface area is 109 Å². The second kappa shape index (κ2) is 5.64. The highest BCUT2D eigenvalue weighted by Crippen LogP contribution is 2.14. The van der Waals surface area contributed by atoms with Crippen molar-refractivity contribution in [1.82, 2.24) is 4.98 Å². The van der Waals surface area contributed by atoms with E-state index >= 15 is 0 Å². The number of aromatic nitrogens is 1. The van der Waals surface area contributed by atoms with Crippen molar-refractivity contribution < 1.29 is 14.6 Å². The molecule has 0 radical (unpaired) electrons. The minimum absolute atomic E-state index is 0.102. The number of thiazole rings is 1. The maximum atomic E-state index is 10.7. The summed E-state index contributed by atoms with van der Waals surface area (Å²) in [6, 6.07) is 7.81. The fraction of sp³-hybridized carbons (Fsp3) is 0.231. The van der Waals surface area contributed by atoms with Crippen LogP contribution in [-0.4, -0.2) is 22.7 Å². The summed E-state index contributed by atoms with van der Waals surface area (Å²) in [6.45, 7) is 2.52. The number of hydrogen-bond acceptors (Lipinski definition) is 4. The van der Waals surface area contributed by atoms with E-state index in [0.29, 0.717) is 13.0 Å². The van der Waals surface area contributed by atoms with Gasteiger partial charge in [0, 0.05) is 11.8 Å². The lowest BCUT2D eigenvalue weighted by atomic mass is 10.2. The summed E-state index contributed by atoms with van der Waals surface area (Å²) in [5, 5.41) is 11.1. The van der Waals surface area contributed by atoms with Crippen LogP contribution in [0.3, 0.4) is 0 Å². The fourth-order valence-electron chi connectivity index (χ4n) is 1.41. The van der Waals surface area contributed by atoms with E-state index in [1.54, 1.807) is 5.38 Å². The van der Waals surface area contributed by atoms with Crippen LogP contribution in [-0.2, 0) is 6.42 Å². The molecular weight excluding hydrogens is 250 g/mol. The maximum Gasteiger partial charge on any atom is 0.355 e. The number of carboxylic acid groups (broad SMARTS) is 1. The van der Waals surface area contributed by atoms with Gasteiger partial charge in [-0.25, -0.2) is 9.78 Å². The number of carboxylic acids is 1. The molecule has 1 aromatic heterocycles. The Morgan fingerprint density at radius 2 is 2.11 bits per heavy atom. The average molecular weight is 263 g/mol. The zero-order valence-corrected chi connectivity index (χ0v) is 10.7. The Hall–Kier alpha value is -1.88. The normalized spacial score (nSPS) is 10.3. The largest absolute Gasteiger partial charge is 0.493 e. The Morgan fingerprint density at radius 1 is 1.39 bits per heavy atom. The van der Waals surface area contributed by atoms with Crippen molar-refractivity contribution in [3.8, 4) is 5.75 Å². The van der Waals surface area contributed by atoms with E-state index in [2.05, 4.69) is 4.98 Å². The molecule has 1 aromatic carbocycles. The van der Waals surface area contributed by atoms with Crippen LogP contribution in [0.25, 0.3) is 0 Å². The van der Waals surface area contributed by atoms with Crippen molar-refractivity contribution in [2.24, 2.45) is 0 Å². The number of carbonyl (C=O) groups is 1. The van der Waals surface area contributed by atoms with Crippen LogP contribution in [0.2, 0.25) is 0 Å². The van der Waals surface area contributed by atoms with E-state index in [1.807, 2.05) is 31.2 Å². The van der Waals surface area contributed by atoms with E-state index in [0.717, 1.165) is 10.8 Å². The van der Waals surface area contributed by atoms with Crippen LogP contribution in [0.4, 0.5) is 0 Å². The molecule has 1 N–H and O–H groups in total. The first kappa shape index (κ1) is 12.6. The van der Waals surface area contributed by atoms with Gasteiger partial charge in [0.1, 0.15) is 5.75 Å². The maximum absolute atomic E-state index is 10.7. The molecule has 0 aliphatic carbocycles. The van der Waals surface area contributed by atoms with Gasteiger partial charge in [-0.15, -0.1) is 11.3 Å². The third kappa shape index (κ3) is 3.30. The van der Waals surface area contributed by atoms with E-state index in [1.165, 1.54) is 16.9 Å². The first-order chi connectivity index (χ1) is 8.65. The summed E-state index contributed by atoms with van der Waals surface area (Å²) in [5.41, 5.74) is 1.29. The Bertz CT molecular complexity index is 533. The van der Waals surface area contributed by atoms with Gasteiger partial charge in [-0.2, -0.15) is 0 Å². The van der Waals surface area contributed by atoms with Crippen LogP contribution in [0, 0.1) is 6.92 Å². The minimum Gasteiger partial charge on any atom is -0.493 e. The van der Waals surface area contributed by atoms with Crippen molar-refractivity contribution in [1.29, 1.82) is 0 Å². The zero-order valence-electron chi connectivity index (χ0n) is 9.92. The first-order valence-electron chi connectivity index (χ1n) is 5.52. The van der Waals surface area contributed by atoms with Crippen molar-refractivity contribution in [3.63, 3.8) is 0 Å². The molecular formula is C13H13NO3S. The molecule has 0 spiro atoms. The lowest BCUT2D eigenvalue weighted by molar-refractivity contribution is 0.0691. The van der Waals surface area contributed by atoms with Gasteiger partial charge in [0.25, 0.3) is 0 Å². The summed E-state index contributed by atoms with van der Waals surface area (Å²) >= 11 is 1.34. The van der Waals surface area contributed by atoms with Crippen molar-refractivity contribution in [2.45, 2.75) is 13.3 Å². The number of ether oxygens (including phenoxy) is 1. The highest BCUT2D eigenvalue weighted by atomic mass is 32.1. The Balaban J connectivity index is 1.84. The molecule has 0 aliphatic rings. The van der Waals surface area contributed by atoms with Gasteiger partial charge in [-0.3, -0.25) is 0 Å². The quantitative estimate of drug-likeness (QED) is 0.901. The third-order valence-corrected chi connectivity index (χ3v) is 3.29. The van der Waals surface area contributed by atoms with Gasteiger partial charge in [0.15, 0.2) is 5.69 Å². The molecule has 0 fully saturated rings. The van der Waals surface area contributed by atoms with E-state index in [4.69, 9.17) is 9.84 Å². The molecule has 5 heteroatoms. The summed E-state index contributed by atoms with van der Waals surface area (Å²) in [7, 11) is 0. The van der Waals surface area contributed by atoms with Crippen LogP contribution < -0.4 is 4.74 Å². The molecule has 18 heavy (non-hydrogen) atoms. The number of benzene rings is 1. The lowest BCUT2D eigenvalue weighted by Crippen LogP contribution is -2.02. The Morgan fingerprint density at radius 3 is 2.72 bits per heavy atom. The lowest BCUT2D eigenvalue weighted by Gasteiger charge is -2.04. The monoisotopic (exact) mass is 263 g/mol. The molecule has 0 saturated carbocycles. The van der Waals surface area contributed by atoms with Gasteiger partial charge >= 0.3 is 5.97 Å². The SMILES string of the molecule is Cc1ccc(OCCc2nc(C(=O)O)cs2)cc1. The molecule has 1 heterocycles. The van der Waals surface area contributed by atoms with Crippen molar-refractivity contribution in [3.05, 3.63) is 45.9 Å². The van der Waals surface area contributed by atoms with Crippen molar-refractivity contribution >= 4 is 17.3 Å². The van der Waals surface area contributed by atoms with Gasteiger partial charge < -0.3 is 9.84 Å². The van der Waals surface area contributed by atoms with Crippen LogP contribution in [0.15, 0.2) is 29.6 Å². The van der Waals surface area contributed by atoms with Crippen LogP contribution in [0.5, 0.6) is 5.75 Å². The standard InChI is InChI=1S/C13H13NO3S/c1-9-2-4-10(5-3-9)17-7-6-12-14-11(8-18-12)13(15)16/h2-5,8H,6-7H2,1H3,(H,15,16). The smallest absolute Gasteiger partial charge is 0.355 e. The fourth-order valence-corrected chi connectivity index (χ4v) is 2.17. The number of nitrogens with zero attached hydrogens (tertiary/aromatic N) is 1. The van der Waals surface area contributed by atoms with Gasteiger partial charge in [0.2, 0.25) is 0 Å². The highest BCUT2D eigenvalue weighted by Gasteiger charge is 2.08. The van der Waals surface area contributed by atoms with Gasteiger partial charge in [-0.1, -0.05) is 17.7 Å². The van der Waals surface area contributed by atoms with Gasteiger partial charge in [-0.05, 0) is 19.1 Å². The number of hydrogen-bond donors (Lipinski definition) is 1. The molecule has 4 nitrogen and oxygen atoms in total. The molecule has 0 amide bonds. The molecule has 0 aliphatic heterocycles. The van der Waals surface area contributed by atoms with Crippen LogP contribution in [0.1, 0.15) is 21.1 Å². The molecule has 94 valence electrons. The highest BCUT2D eigenvalue weighted by molar-refractivity contribution is 7.09. The summed E-state index contributed by atoms with van der Waals surface area (Å²) in [6.07, 6.45) is 0.617. The average Bonchev–Trinajstić information content (AvgIpc) is 2.81. The Kier molecular flexibility index (Phi) is 3.94. The minimum atomic E-state index is -0.989. The molecule has 0 unspecified atom stereocenters. The summed E-state index contributed by atoms with van der Waals surface area (Å²) in [4.78, 5) is 14.6.